The maximum atomic E-state index is 13.4. The number of carbonyl (C=O) groups is 2. The van der Waals surface area contributed by atoms with Crippen LogP contribution < -0.4 is 5.32 Å². The summed E-state index contributed by atoms with van der Waals surface area (Å²) < 4.78 is 14.0. The molecular formula is C11H9BrFNO3. The van der Waals surface area contributed by atoms with E-state index in [2.05, 4.69) is 21.2 Å². The van der Waals surface area contributed by atoms with Gasteiger partial charge in [0.25, 0.3) is 0 Å². The van der Waals surface area contributed by atoms with Gasteiger partial charge >= 0.3 is 5.97 Å². The molecule has 0 atom stereocenters. The zero-order valence-electron chi connectivity index (χ0n) is 8.67. The molecule has 1 saturated carbocycles. The summed E-state index contributed by atoms with van der Waals surface area (Å²) in [5.41, 5.74) is -1.37. The van der Waals surface area contributed by atoms with E-state index in [1.165, 1.54) is 12.1 Å². The molecule has 1 aliphatic carbocycles. The number of amides is 1. The van der Waals surface area contributed by atoms with Gasteiger partial charge in [0.2, 0.25) is 5.91 Å². The van der Waals surface area contributed by atoms with Crippen molar-refractivity contribution < 1.29 is 19.1 Å². The number of carboxylic acid groups (broad SMARTS) is 1. The van der Waals surface area contributed by atoms with Crippen LogP contribution in [-0.4, -0.2) is 17.0 Å². The highest BCUT2D eigenvalue weighted by Crippen LogP contribution is 2.46. The van der Waals surface area contributed by atoms with Gasteiger partial charge in [-0.3, -0.25) is 9.59 Å². The van der Waals surface area contributed by atoms with Crippen molar-refractivity contribution >= 4 is 33.5 Å². The van der Waals surface area contributed by atoms with E-state index in [9.17, 15) is 14.0 Å². The number of aliphatic carboxylic acids is 1. The quantitative estimate of drug-likeness (QED) is 0.843. The van der Waals surface area contributed by atoms with Gasteiger partial charge in [0.1, 0.15) is 11.2 Å². The zero-order valence-corrected chi connectivity index (χ0v) is 10.3. The minimum absolute atomic E-state index is 0.00859. The Balaban J connectivity index is 2.17. The van der Waals surface area contributed by atoms with Gasteiger partial charge in [-0.25, -0.2) is 4.39 Å². The second-order valence-corrected chi connectivity index (χ2v) is 4.88. The molecular weight excluding hydrogens is 293 g/mol. The normalized spacial score (nSPS) is 16.4. The Bertz CT molecular complexity index is 499. The molecule has 0 bridgehead atoms. The SMILES string of the molecule is O=C(O)C1(C(=O)Nc2ccc(Br)cc2F)CC1. The summed E-state index contributed by atoms with van der Waals surface area (Å²) in [6, 6.07) is 4.16. The lowest BCUT2D eigenvalue weighted by Crippen LogP contribution is -2.31. The highest BCUT2D eigenvalue weighted by atomic mass is 79.9. The minimum atomic E-state index is -1.36. The highest BCUT2D eigenvalue weighted by Gasteiger charge is 2.57. The molecule has 17 heavy (non-hydrogen) atoms. The lowest BCUT2D eigenvalue weighted by Gasteiger charge is -2.11. The first-order valence-electron chi connectivity index (χ1n) is 4.95. The molecule has 0 unspecified atom stereocenters. The van der Waals surface area contributed by atoms with Crippen molar-refractivity contribution in [3.05, 3.63) is 28.5 Å². The van der Waals surface area contributed by atoms with E-state index in [0.29, 0.717) is 17.3 Å². The fraction of sp³-hybridized carbons (Fsp3) is 0.273. The molecule has 0 heterocycles. The summed E-state index contributed by atoms with van der Waals surface area (Å²) in [5.74, 6) is -2.42. The number of nitrogens with one attached hydrogen (secondary N) is 1. The third-order valence-corrected chi connectivity index (χ3v) is 3.27. The van der Waals surface area contributed by atoms with E-state index >= 15 is 0 Å². The van der Waals surface area contributed by atoms with E-state index in [-0.39, 0.29) is 5.69 Å². The minimum Gasteiger partial charge on any atom is -0.480 e. The van der Waals surface area contributed by atoms with Crippen molar-refractivity contribution in [1.82, 2.24) is 0 Å². The number of halogens is 2. The predicted molar refractivity (Wildman–Crippen MR) is 62.0 cm³/mol. The molecule has 2 rings (SSSR count). The average Bonchev–Trinajstić information content (AvgIpc) is 3.02. The predicted octanol–water partition coefficient (Wildman–Crippen LogP) is 2.39. The van der Waals surface area contributed by atoms with Gasteiger partial charge in [0.15, 0.2) is 0 Å². The molecule has 0 radical (unpaired) electrons. The summed E-state index contributed by atoms with van der Waals surface area (Å²) in [7, 11) is 0. The number of benzene rings is 1. The molecule has 1 aromatic rings. The molecule has 1 fully saturated rings. The van der Waals surface area contributed by atoms with Crippen LogP contribution in [0.15, 0.2) is 22.7 Å². The molecule has 1 amide bonds. The number of rotatable bonds is 3. The van der Waals surface area contributed by atoms with Crippen LogP contribution in [-0.2, 0) is 9.59 Å². The Morgan fingerprint density at radius 2 is 2.06 bits per heavy atom. The number of carbonyl (C=O) groups excluding carboxylic acids is 1. The molecule has 4 nitrogen and oxygen atoms in total. The first-order chi connectivity index (χ1) is 7.95. The van der Waals surface area contributed by atoms with Crippen LogP contribution in [0.1, 0.15) is 12.8 Å². The second-order valence-electron chi connectivity index (χ2n) is 3.97. The van der Waals surface area contributed by atoms with E-state index in [0.717, 1.165) is 0 Å². The van der Waals surface area contributed by atoms with Crippen molar-refractivity contribution in [1.29, 1.82) is 0 Å². The topological polar surface area (TPSA) is 66.4 Å². The largest absolute Gasteiger partial charge is 0.480 e. The molecule has 0 aliphatic heterocycles. The molecule has 2 N–H and O–H groups in total. The Labute approximate surface area is 105 Å². The van der Waals surface area contributed by atoms with Crippen LogP contribution in [0.25, 0.3) is 0 Å². The summed E-state index contributed by atoms with van der Waals surface area (Å²) in [4.78, 5) is 22.6. The maximum Gasteiger partial charge on any atom is 0.319 e. The van der Waals surface area contributed by atoms with E-state index in [4.69, 9.17) is 5.11 Å². The average molecular weight is 302 g/mol. The molecule has 1 aromatic carbocycles. The smallest absolute Gasteiger partial charge is 0.319 e. The van der Waals surface area contributed by atoms with Gasteiger partial charge in [-0.15, -0.1) is 0 Å². The molecule has 0 saturated heterocycles. The third-order valence-electron chi connectivity index (χ3n) is 2.77. The number of hydrogen-bond donors (Lipinski definition) is 2. The fourth-order valence-corrected chi connectivity index (χ4v) is 1.83. The number of hydrogen-bond acceptors (Lipinski definition) is 2. The second kappa shape index (κ2) is 4.10. The number of carboxylic acids is 1. The highest BCUT2D eigenvalue weighted by molar-refractivity contribution is 9.10. The van der Waals surface area contributed by atoms with Gasteiger partial charge in [-0.2, -0.15) is 0 Å². The Morgan fingerprint density at radius 1 is 1.41 bits per heavy atom. The van der Waals surface area contributed by atoms with Crippen LogP contribution in [0.5, 0.6) is 0 Å². The van der Waals surface area contributed by atoms with Crippen molar-refractivity contribution in [2.75, 3.05) is 5.32 Å². The first kappa shape index (κ1) is 12.0. The van der Waals surface area contributed by atoms with E-state index in [1.54, 1.807) is 6.07 Å². The van der Waals surface area contributed by atoms with Gasteiger partial charge in [0.05, 0.1) is 5.69 Å². The first-order valence-corrected chi connectivity index (χ1v) is 5.75. The van der Waals surface area contributed by atoms with Gasteiger partial charge in [-0.05, 0) is 31.0 Å². The lowest BCUT2D eigenvalue weighted by atomic mass is 10.1. The molecule has 0 aromatic heterocycles. The van der Waals surface area contributed by atoms with Crippen molar-refractivity contribution in [2.24, 2.45) is 5.41 Å². The number of anilines is 1. The van der Waals surface area contributed by atoms with Gasteiger partial charge < -0.3 is 10.4 Å². The van der Waals surface area contributed by atoms with Crippen molar-refractivity contribution in [2.45, 2.75) is 12.8 Å². The Morgan fingerprint density at radius 3 is 2.53 bits per heavy atom. The van der Waals surface area contributed by atoms with Gasteiger partial charge in [-0.1, -0.05) is 15.9 Å². The molecule has 6 heteroatoms. The van der Waals surface area contributed by atoms with Crippen LogP contribution in [0, 0.1) is 11.2 Å². The van der Waals surface area contributed by atoms with Crippen LogP contribution >= 0.6 is 15.9 Å². The van der Waals surface area contributed by atoms with Crippen LogP contribution in [0.4, 0.5) is 10.1 Å². The fourth-order valence-electron chi connectivity index (χ4n) is 1.50. The van der Waals surface area contributed by atoms with Crippen LogP contribution in [0.3, 0.4) is 0 Å². The summed E-state index contributed by atoms with van der Waals surface area (Å²) in [6.07, 6.45) is 0.596. The monoisotopic (exact) mass is 301 g/mol. The summed E-state index contributed by atoms with van der Waals surface area (Å²) in [6.45, 7) is 0. The zero-order chi connectivity index (χ0) is 12.6. The molecule has 0 spiro atoms. The summed E-state index contributed by atoms with van der Waals surface area (Å²) >= 11 is 3.09. The summed E-state index contributed by atoms with van der Waals surface area (Å²) in [5, 5.41) is 11.2. The standard InChI is InChI=1S/C11H9BrFNO3/c12-6-1-2-8(7(13)5-6)14-9(15)11(3-4-11)10(16)17/h1-2,5H,3-4H2,(H,14,15)(H,16,17). The lowest BCUT2D eigenvalue weighted by molar-refractivity contribution is -0.147. The maximum absolute atomic E-state index is 13.4. The van der Waals surface area contributed by atoms with Crippen LogP contribution in [0.2, 0.25) is 0 Å². The molecule has 90 valence electrons. The van der Waals surface area contributed by atoms with Gasteiger partial charge in [0, 0.05) is 4.47 Å². The van der Waals surface area contributed by atoms with E-state index < -0.39 is 23.1 Å². The van der Waals surface area contributed by atoms with Crippen molar-refractivity contribution in [3.63, 3.8) is 0 Å². The third kappa shape index (κ3) is 2.17. The Hall–Kier alpha value is -1.43. The molecule has 1 aliphatic rings. The van der Waals surface area contributed by atoms with Crippen molar-refractivity contribution in [3.8, 4) is 0 Å². The van der Waals surface area contributed by atoms with E-state index in [1.807, 2.05) is 0 Å². The Kier molecular flexibility index (Phi) is 2.91.